The van der Waals surface area contributed by atoms with Crippen LogP contribution in [0.15, 0.2) is 164 Å². The molecule has 12 rings (SSSR count). The van der Waals surface area contributed by atoms with Crippen LogP contribution in [0.4, 0.5) is 0 Å². The van der Waals surface area contributed by atoms with Gasteiger partial charge in [-0.1, -0.05) is 164 Å². The van der Waals surface area contributed by atoms with E-state index in [2.05, 4.69) is 171 Å². The van der Waals surface area contributed by atoms with Crippen molar-refractivity contribution in [1.29, 1.82) is 0 Å². The third-order valence-electron chi connectivity index (χ3n) is 11.7. The molecule has 0 aliphatic heterocycles. The standard InChI is InChI=1S/C51H30/c1-29-27-32-17-12-22-37-38-23-25-40-47-41(26-24-39(46(38)47)42(28-29)43(32)37)51-45(31-15-6-3-7-16-31)49-36-21-11-9-19-34(36)33-18-8-10-20-35(33)48(49)44(50(40)51)30-13-4-2-5-14-30/h2-28H,1H3. The molecule has 0 spiro atoms. The first-order chi connectivity index (χ1) is 25.3. The molecule has 0 saturated carbocycles. The van der Waals surface area contributed by atoms with Crippen molar-refractivity contribution in [3.05, 3.63) is 169 Å². The van der Waals surface area contributed by atoms with E-state index in [0.29, 0.717) is 0 Å². The van der Waals surface area contributed by atoms with E-state index in [-0.39, 0.29) is 0 Å². The molecule has 0 N–H and O–H groups in total. The van der Waals surface area contributed by atoms with E-state index >= 15 is 0 Å². The lowest BCUT2D eigenvalue weighted by molar-refractivity contribution is 1.53. The average Bonchev–Trinajstić information content (AvgIpc) is 3.52. The van der Waals surface area contributed by atoms with Crippen molar-refractivity contribution in [1.82, 2.24) is 0 Å². The molecule has 1 aliphatic rings. The molecule has 0 saturated heterocycles. The molecule has 0 fully saturated rings. The molecule has 0 amide bonds. The van der Waals surface area contributed by atoms with E-state index in [1.807, 2.05) is 0 Å². The van der Waals surface area contributed by atoms with E-state index in [4.69, 9.17) is 0 Å². The van der Waals surface area contributed by atoms with Crippen molar-refractivity contribution in [2.75, 3.05) is 0 Å². The number of benzene rings is 11. The van der Waals surface area contributed by atoms with Gasteiger partial charge in [-0.05, 0) is 132 Å². The zero-order chi connectivity index (χ0) is 33.4. The average molecular weight is 643 g/mol. The van der Waals surface area contributed by atoms with Gasteiger partial charge in [-0.15, -0.1) is 0 Å². The third kappa shape index (κ3) is 3.44. The number of hydrogen-bond donors (Lipinski definition) is 0. The fourth-order valence-electron chi connectivity index (χ4n) is 9.86. The molecule has 0 atom stereocenters. The molecule has 0 heterocycles. The van der Waals surface area contributed by atoms with Crippen molar-refractivity contribution in [2.24, 2.45) is 0 Å². The van der Waals surface area contributed by atoms with Crippen LogP contribution < -0.4 is 0 Å². The maximum atomic E-state index is 2.44. The van der Waals surface area contributed by atoms with Crippen molar-refractivity contribution >= 4 is 75.4 Å². The SMILES string of the molecule is Cc1cc2cccc3c4ccc5c6c(ccc(c(c1)c23)c64)-c1c-5c(-c2ccccc2)c2c3ccccc3c3ccccc3c2c1-c1ccccc1. The Morgan fingerprint density at radius 1 is 0.275 bits per heavy atom. The van der Waals surface area contributed by atoms with E-state index < -0.39 is 0 Å². The van der Waals surface area contributed by atoms with Crippen LogP contribution in [0.3, 0.4) is 0 Å². The quantitative estimate of drug-likeness (QED) is 0.130. The molecule has 0 heteroatoms. The molecule has 11 aromatic carbocycles. The van der Waals surface area contributed by atoms with Crippen LogP contribution in [0, 0.1) is 6.92 Å². The Hall–Kier alpha value is -6.50. The summed E-state index contributed by atoms with van der Waals surface area (Å²) in [6, 6.07) is 61.6. The molecule has 0 bridgehead atoms. The number of aryl methyl sites for hydroxylation is 1. The van der Waals surface area contributed by atoms with Gasteiger partial charge >= 0.3 is 0 Å². The van der Waals surface area contributed by atoms with Gasteiger partial charge in [0.1, 0.15) is 0 Å². The molecule has 234 valence electrons. The van der Waals surface area contributed by atoms with Crippen LogP contribution in [0.25, 0.3) is 120 Å². The van der Waals surface area contributed by atoms with Gasteiger partial charge in [-0.2, -0.15) is 0 Å². The van der Waals surface area contributed by atoms with Crippen molar-refractivity contribution in [2.45, 2.75) is 6.92 Å². The Labute approximate surface area is 295 Å². The fourth-order valence-corrected chi connectivity index (χ4v) is 9.86. The summed E-state index contributed by atoms with van der Waals surface area (Å²) in [5.74, 6) is 0. The lowest BCUT2D eigenvalue weighted by atomic mass is 9.79. The highest BCUT2D eigenvalue weighted by Gasteiger charge is 2.33. The molecule has 0 aromatic heterocycles. The highest BCUT2D eigenvalue weighted by molar-refractivity contribution is 6.42. The smallest absolute Gasteiger partial charge is 0.000717 e. The second kappa shape index (κ2) is 9.81. The van der Waals surface area contributed by atoms with Crippen LogP contribution in [0.5, 0.6) is 0 Å². The highest BCUT2D eigenvalue weighted by Crippen LogP contribution is 2.61. The largest absolute Gasteiger partial charge is 0.0622 e. The van der Waals surface area contributed by atoms with Gasteiger partial charge in [0.05, 0.1) is 0 Å². The summed E-state index contributed by atoms with van der Waals surface area (Å²) in [7, 11) is 0. The monoisotopic (exact) mass is 642 g/mol. The zero-order valence-corrected chi connectivity index (χ0v) is 28.1. The molecular weight excluding hydrogens is 613 g/mol. The van der Waals surface area contributed by atoms with Crippen LogP contribution in [0.2, 0.25) is 0 Å². The highest BCUT2D eigenvalue weighted by atomic mass is 14.4. The van der Waals surface area contributed by atoms with Gasteiger partial charge in [0.15, 0.2) is 0 Å². The lowest BCUT2D eigenvalue weighted by Crippen LogP contribution is -1.96. The number of hydrogen-bond acceptors (Lipinski definition) is 0. The van der Waals surface area contributed by atoms with Gasteiger partial charge in [-0.25, -0.2) is 0 Å². The molecular formula is C51H30. The summed E-state index contributed by atoms with van der Waals surface area (Å²) in [6.07, 6.45) is 0. The Balaban J connectivity index is 1.40. The first kappa shape index (κ1) is 27.3. The predicted octanol–water partition coefficient (Wildman–Crippen LogP) is 14.5. The van der Waals surface area contributed by atoms with Gasteiger partial charge in [0, 0.05) is 0 Å². The number of rotatable bonds is 2. The fraction of sp³-hybridized carbons (Fsp3) is 0.0196. The van der Waals surface area contributed by atoms with Crippen molar-refractivity contribution in [3.8, 4) is 44.5 Å². The van der Waals surface area contributed by atoms with Crippen molar-refractivity contribution < 1.29 is 0 Å². The minimum atomic E-state index is 1.25. The lowest BCUT2D eigenvalue weighted by Gasteiger charge is -2.23. The molecule has 0 nitrogen and oxygen atoms in total. The zero-order valence-electron chi connectivity index (χ0n) is 28.1. The molecule has 0 radical (unpaired) electrons. The Bertz CT molecular complexity index is 3140. The first-order valence-electron chi connectivity index (χ1n) is 17.9. The molecule has 51 heavy (non-hydrogen) atoms. The second-order valence-electron chi connectivity index (χ2n) is 14.4. The van der Waals surface area contributed by atoms with E-state index in [0.717, 1.165) is 0 Å². The topological polar surface area (TPSA) is 0 Å². The molecule has 1 aliphatic carbocycles. The minimum Gasteiger partial charge on any atom is -0.0622 e. The normalized spacial score (nSPS) is 12.4. The first-order valence-corrected chi connectivity index (χ1v) is 17.9. The summed E-state index contributed by atoms with van der Waals surface area (Å²) in [4.78, 5) is 0. The van der Waals surface area contributed by atoms with Crippen LogP contribution >= 0.6 is 0 Å². The van der Waals surface area contributed by atoms with Gasteiger partial charge in [0.25, 0.3) is 0 Å². The number of fused-ring (bicyclic) bond motifs is 11. The van der Waals surface area contributed by atoms with E-state index in [9.17, 15) is 0 Å². The van der Waals surface area contributed by atoms with Crippen molar-refractivity contribution in [3.63, 3.8) is 0 Å². The summed E-state index contributed by atoms with van der Waals surface area (Å²) in [5.41, 5.74) is 11.8. The predicted molar refractivity (Wildman–Crippen MR) is 220 cm³/mol. The van der Waals surface area contributed by atoms with E-state index in [1.54, 1.807) is 0 Å². The summed E-state index contributed by atoms with van der Waals surface area (Å²) in [6.45, 7) is 2.23. The molecule has 0 unspecified atom stereocenters. The Kier molecular flexibility index (Phi) is 5.26. The van der Waals surface area contributed by atoms with E-state index in [1.165, 1.54) is 125 Å². The van der Waals surface area contributed by atoms with Gasteiger partial charge in [0.2, 0.25) is 0 Å². The Morgan fingerprint density at radius 2 is 0.725 bits per heavy atom. The van der Waals surface area contributed by atoms with Gasteiger partial charge < -0.3 is 0 Å². The summed E-state index contributed by atoms with van der Waals surface area (Å²) in [5, 5.41) is 18.6. The maximum Gasteiger partial charge on any atom is -0.000717 e. The van der Waals surface area contributed by atoms with Gasteiger partial charge in [-0.3, -0.25) is 0 Å². The second-order valence-corrected chi connectivity index (χ2v) is 14.4. The van der Waals surface area contributed by atoms with Crippen LogP contribution in [-0.4, -0.2) is 0 Å². The molecule has 11 aromatic rings. The third-order valence-corrected chi connectivity index (χ3v) is 11.7. The minimum absolute atomic E-state index is 1.25. The summed E-state index contributed by atoms with van der Waals surface area (Å²) >= 11 is 0. The van der Waals surface area contributed by atoms with Crippen LogP contribution in [0.1, 0.15) is 5.56 Å². The van der Waals surface area contributed by atoms with Crippen LogP contribution in [-0.2, 0) is 0 Å². The summed E-state index contributed by atoms with van der Waals surface area (Å²) < 4.78 is 0. The Morgan fingerprint density at radius 3 is 1.29 bits per heavy atom. The maximum absolute atomic E-state index is 2.44.